The number of nitrogens with zero attached hydrogens (tertiary/aromatic N) is 3. The van der Waals surface area contributed by atoms with Gasteiger partial charge in [-0.05, 0) is 31.0 Å². The number of thiazole rings is 1. The molecular formula is C15H18ClN3O2S2. The Morgan fingerprint density at radius 3 is 2.78 bits per heavy atom. The Hall–Kier alpha value is -1.15. The summed E-state index contributed by atoms with van der Waals surface area (Å²) >= 11 is 7.66. The van der Waals surface area contributed by atoms with Crippen molar-refractivity contribution in [2.75, 3.05) is 31.1 Å². The maximum absolute atomic E-state index is 12.9. The maximum atomic E-state index is 12.9. The lowest BCUT2D eigenvalue weighted by atomic mass is 10.2. The predicted octanol–water partition coefficient (Wildman–Crippen LogP) is 3.01. The molecule has 1 saturated heterocycles. The van der Waals surface area contributed by atoms with E-state index in [-0.39, 0.29) is 0 Å². The minimum atomic E-state index is -3.53. The minimum Gasteiger partial charge on any atom is -0.347 e. The predicted molar refractivity (Wildman–Crippen MR) is 93.9 cm³/mol. The van der Waals surface area contributed by atoms with Gasteiger partial charge in [-0.1, -0.05) is 17.7 Å². The molecule has 23 heavy (non-hydrogen) atoms. The van der Waals surface area contributed by atoms with Gasteiger partial charge in [0.1, 0.15) is 0 Å². The molecule has 1 fully saturated rings. The molecule has 0 amide bonds. The summed E-state index contributed by atoms with van der Waals surface area (Å²) in [5.41, 5.74) is 0.607. The van der Waals surface area contributed by atoms with Crippen molar-refractivity contribution in [2.45, 2.75) is 18.2 Å². The molecular weight excluding hydrogens is 354 g/mol. The first-order valence-corrected chi connectivity index (χ1v) is 10.1. The van der Waals surface area contributed by atoms with Crippen molar-refractivity contribution in [1.29, 1.82) is 0 Å². The zero-order valence-corrected chi connectivity index (χ0v) is 15.2. The highest BCUT2D eigenvalue weighted by Crippen LogP contribution is 2.27. The fourth-order valence-corrected chi connectivity index (χ4v) is 5.35. The molecule has 0 bridgehead atoms. The van der Waals surface area contributed by atoms with E-state index >= 15 is 0 Å². The van der Waals surface area contributed by atoms with Crippen LogP contribution >= 0.6 is 22.9 Å². The normalized spacial score (nSPS) is 17.2. The summed E-state index contributed by atoms with van der Waals surface area (Å²) in [5, 5.41) is 3.36. The molecule has 0 spiro atoms. The monoisotopic (exact) mass is 371 g/mol. The maximum Gasteiger partial charge on any atom is 0.243 e. The highest BCUT2D eigenvalue weighted by atomic mass is 35.5. The van der Waals surface area contributed by atoms with Crippen molar-refractivity contribution in [2.24, 2.45) is 0 Å². The van der Waals surface area contributed by atoms with Gasteiger partial charge < -0.3 is 4.90 Å². The Balaban J connectivity index is 1.82. The van der Waals surface area contributed by atoms with E-state index in [1.807, 2.05) is 5.38 Å². The summed E-state index contributed by atoms with van der Waals surface area (Å²) < 4.78 is 27.4. The third kappa shape index (κ3) is 3.38. The molecule has 0 unspecified atom stereocenters. The summed E-state index contributed by atoms with van der Waals surface area (Å²) in [5.74, 6) is 0. The van der Waals surface area contributed by atoms with Crippen molar-refractivity contribution in [1.82, 2.24) is 9.29 Å². The van der Waals surface area contributed by atoms with E-state index < -0.39 is 10.0 Å². The lowest BCUT2D eigenvalue weighted by Gasteiger charge is -2.22. The third-order valence-electron chi connectivity index (χ3n) is 3.98. The van der Waals surface area contributed by atoms with E-state index in [1.165, 1.54) is 0 Å². The number of hydrogen-bond donors (Lipinski definition) is 0. The number of hydrogen-bond acceptors (Lipinski definition) is 5. The van der Waals surface area contributed by atoms with Crippen LogP contribution in [0.25, 0.3) is 0 Å². The molecule has 1 aliphatic heterocycles. The Bertz CT molecular complexity index is 778. The van der Waals surface area contributed by atoms with Crippen LogP contribution < -0.4 is 4.90 Å². The smallest absolute Gasteiger partial charge is 0.243 e. The fraction of sp³-hybridized carbons (Fsp3) is 0.400. The van der Waals surface area contributed by atoms with Gasteiger partial charge in [0.2, 0.25) is 10.0 Å². The van der Waals surface area contributed by atoms with Gasteiger partial charge in [-0.3, -0.25) is 0 Å². The topological polar surface area (TPSA) is 53.5 Å². The first kappa shape index (κ1) is 16.7. The quantitative estimate of drug-likeness (QED) is 0.832. The van der Waals surface area contributed by atoms with E-state index in [2.05, 4.69) is 9.88 Å². The van der Waals surface area contributed by atoms with Crippen LogP contribution in [0.5, 0.6) is 0 Å². The van der Waals surface area contributed by atoms with Crippen LogP contribution in [0.3, 0.4) is 0 Å². The lowest BCUT2D eigenvalue weighted by molar-refractivity contribution is 0.433. The number of sulfonamides is 1. The van der Waals surface area contributed by atoms with Crippen molar-refractivity contribution >= 4 is 38.1 Å². The first-order valence-electron chi connectivity index (χ1n) is 7.40. The van der Waals surface area contributed by atoms with Crippen LogP contribution in [0.15, 0.2) is 34.7 Å². The van der Waals surface area contributed by atoms with Crippen LogP contribution in [-0.4, -0.2) is 43.9 Å². The number of halogens is 1. The Morgan fingerprint density at radius 2 is 2.04 bits per heavy atom. The summed E-state index contributed by atoms with van der Waals surface area (Å²) in [4.78, 5) is 6.75. The van der Waals surface area contributed by atoms with E-state index in [0.717, 1.165) is 18.1 Å². The SMILES string of the molecule is Cc1c(Cl)cccc1S(=O)(=O)N1CCCN(c2nccs2)CC1. The molecule has 0 saturated carbocycles. The molecule has 124 valence electrons. The first-order chi connectivity index (χ1) is 11.0. The largest absolute Gasteiger partial charge is 0.347 e. The lowest BCUT2D eigenvalue weighted by Crippen LogP contribution is -2.35. The van der Waals surface area contributed by atoms with Crippen molar-refractivity contribution in [3.63, 3.8) is 0 Å². The molecule has 8 heteroatoms. The van der Waals surface area contributed by atoms with E-state index in [9.17, 15) is 8.42 Å². The van der Waals surface area contributed by atoms with Crippen molar-refractivity contribution in [3.05, 3.63) is 40.4 Å². The van der Waals surface area contributed by atoms with Crippen LogP contribution in [0.2, 0.25) is 5.02 Å². The van der Waals surface area contributed by atoms with Crippen molar-refractivity contribution in [3.8, 4) is 0 Å². The molecule has 2 heterocycles. The van der Waals surface area contributed by atoms with Crippen LogP contribution in [0.4, 0.5) is 5.13 Å². The second-order valence-corrected chi connectivity index (χ2v) is 8.61. The zero-order chi connectivity index (χ0) is 16.4. The Labute approximate surface area is 145 Å². The van der Waals surface area contributed by atoms with Crippen molar-refractivity contribution < 1.29 is 8.42 Å². The highest BCUT2D eigenvalue weighted by Gasteiger charge is 2.29. The fourth-order valence-electron chi connectivity index (χ4n) is 2.70. The summed E-state index contributed by atoms with van der Waals surface area (Å²) in [6.45, 7) is 4.17. The Morgan fingerprint density at radius 1 is 1.22 bits per heavy atom. The van der Waals surface area contributed by atoms with Crippen LogP contribution in [0.1, 0.15) is 12.0 Å². The second-order valence-electron chi connectivity index (χ2n) is 5.42. The average Bonchev–Trinajstić information content (AvgIpc) is 2.94. The van der Waals surface area contributed by atoms with E-state index in [1.54, 1.807) is 47.0 Å². The zero-order valence-electron chi connectivity index (χ0n) is 12.8. The molecule has 0 atom stereocenters. The van der Waals surface area contributed by atoms with Crippen LogP contribution in [0, 0.1) is 6.92 Å². The molecule has 1 aromatic carbocycles. The van der Waals surface area contributed by atoms with Crippen LogP contribution in [-0.2, 0) is 10.0 Å². The van der Waals surface area contributed by atoms with Gasteiger partial charge in [0.25, 0.3) is 0 Å². The Kier molecular flexibility index (Phi) is 4.91. The highest BCUT2D eigenvalue weighted by molar-refractivity contribution is 7.89. The standard InChI is InChI=1S/C15H18ClN3O2S2/c1-12-13(16)4-2-5-14(12)23(20,21)19-8-3-7-18(9-10-19)15-17-6-11-22-15/h2,4-6,11H,3,7-10H2,1H3. The summed E-state index contributed by atoms with van der Waals surface area (Å²) in [7, 11) is -3.53. The van der Waals surface area contributed by atoms with Gasteiger partial charge in [0.05, 0.1) is 4.90 Å². The van der Waals surface area contributed by atoms with Gasteiger partial charge in [0.15, 0.2) is 5.13 Å². The molecule has 5 nitrogen and oxygen atoms in total. The molecule has 0 radical (unpaired) electrons. The van der Waals surface area contributed by atoms with Gasteiger partial charge in [-0.15, -0.1) is 11.3 Å². The second kappa shape index (κ2) is 6.76. The number of benzene rings is 1. The van der Waals surface area contributed by atoms with Gasteiger partial charge in [-0.2, -0.15) is 4.31 Å². The summed E-state index contributed by atoms with van der Waals surface area (Å²) in [6.07, 6.45) is 2.55. The molecule has 2 aromatic rings. The van der Waals surface area contributed by atoms with E-state index in [4.69, 9.17) is 11.6 Å². The molecule has 0 N–H and O–H groups in total. The van der Waals surface area contributed by atoms with Gasteiger partial charge in [0, 0.05) is 42.8 Å². The number of rotatable bonds is 3. The number of aromatic nitrogens is 1. The summed E-state index contributed by atoms with van der Waals surface area (Å²) in [6, 6.07) is 5.02. The minimum absolute atomic E-state index is 0.299. The van der Waals surface area contributed by atoms with Gasteiger partial charge in [-0.25, -0.2) is 13.4 Å². The molecule has 1 aromatic heterocycles. The van der Waals surface area contributed by atoms with Gasteiger partial charge >= 0.3 is 0 Å². The number of anilines is 1. The average molecular weight is 372 g/mol. The molecule has 0 aliphatic carbocycles. The molecule has 3 rings (SSSR count). The molecule has 1 aliphatic rings. The third-order valence-corrected chi connectivity index (χ3v) is 7.27. The van der Waals surface area contributed by atoms with E-state index in [0.29, 0.717) is 35.1 Å².